The van der Waals surface area contributed by atoms with Crippen LogP contribution in [0.25, 0.3) is 0 Å². The number of hydrogen-bond donors (Lipinski definition) is 0. The Hall–Kier alpha value is -1.93. The monoisotopic (exact) mass is 217 g/mol. The van der Waals surface area contributed by atoms with Gasteiger partial charge in [0.25, 0.3) is 5.19 Å². The molecule has 0 unspecified atom stereocenters. The van der Waals surface area contributed by atoms with E-state index < -0.39 is 0 Å². The lowest BCUT2D eigenvalue weighted by molar-refractivity contribution is 0.478. The van der Waals surface area contributed by atoms with Gasteiger partial charge in [-0.2, -0.15) is 14.6 Å². The average Bonchev–Trinajstić information content (AvgIpc) is 2.65. The van der Waals surface area contributed by atoms with Gasteiger partial charge in [-0.05, 0) is 31.2 Å². The summed E-state index contributed by atoms with van der Waals surface area (Å²) in [5.74, 6) is 1.36. The topological polar surface area (TPSA) is 58.8 Å². The fourth-order valence-electron chi connectivity index (χ4n) is 1.02. The van der Waals surface area contributed by atoms with Crippen LogP contribution in [-0.2, 0) is 0 Å². The Labute approximate surface area is 90.9 Å². The van der Waals surface area contributed by atoms with Crippen molar-refractivity contribution in [3.05, 3.63) is 35.7 Å². The van der Waals surface area contributed by atoms with Crippen LogP contribution in [0.15, 0.2) is 24.3 Å². The van der Waals surface area contributed by atoms with Crippen LogP contribution in [0, 0.1) is 18.3 Å². The Morgan fingerprint density at radius 3 is 2.60 bits per heavy atom. The van der Waals surface area contributed by atoms with Gasteiger partial charge in [0.1, 0.15) is 11.6 Å². The summed E-state index contributed by atoms with van der Waals surface area (Å²) in [7, 11) is 0. The smallest absolute Gasteiger partial charge is 0.298 e. The third kappa shape index (κ3) is 2.30. The molecule has 0 N–H and O–H groups in total. The van der Waals surface area contributed by atoms with Crippen molar-refractivity contribution in [1.82, 2.24) is 9.36 Å². The summed E-state index contributed by atoms with van der Waals surface area (Å²) in [5.41, 5.74) is 0.607. The van der Waals surface area contributed by atoms with E-state index in [0.717, 1.165) is 0 Å². The molecule has 0 saturated heterocycles. The maximum Gasteiger partial charge on any atom is 0.298 e. The summed E-state index contributed by atoms with van der Waals surface area (Å²) < 4.78 is 9.43. The van der Waals surface area contributed by atoms with E-state index in [-0.39, 0.29) is 0 Å². The zero-order chi connectivity index (χ0) is 10.7. The first-order chi connectivity index (χ1) is 7.28. The van der Waals surface area contributed by atoms with Crippen LogP contribution < -0.4 is 4.74 Å². The first-order valence-electron chi connectivity index (χ1n) is 4.26. The van der Waals surface area contributed by atoms with Crippen LogP contribution in [0.3, 0.4) is 0 Å². The molecule has 0 amide bonds. The van der Waals surface area contributed by atoms with Crippen molar-refractivity contribution >= 4 is 11.5 Å². The summed E-state index contributed by atoms with van der Waals surface area (Å²) in [6, 6.07) is 8.90. The predicted molar refractivity (Wildman–Crippen MR) is 55.9 cm³/mol. The van der Waals surface area contributed by atoms with Gasteiger partial charge in [-0.3, -0.25) is 0 Å². The zero-order valence-electron chi connectivity index (χ0n) is 7.97. The number of ether oxygens (including phenoxy) is 1. The minimum absolute atomic E-state index is 0.511. The van der Waals surface area contributed by atoms with E-state index in [4.69, 9.17) is 10.00 Å². The molecule has 1 aromatic carbocycles. The molecule has 0 fully saturated rings. The number of aryl methyl sites for hydroxylation is 1. The van der Waals surface area contributed by atoms with Crippen LogP contribution in [-0.4, -0.2) is 9.36 Å². The summed E-state index contributed by atoms with van der Waals surface area (Å²) in [5, 5.41) is 9.12. The Morgan fingerprint density at radius 1 is 1.33 bits per heavy atom. The zero-order valence-corrected chi connectivity index (χ0v) is 8.78. The van der Waals surface area contributed by atoms with Gasteiger partial charge in [0.15, 0.2) is 0 Å². The third-order valence-electron chi connectivity index (χ3n) is 1.70. The predicted octanol–water partition coefficient (Wildman–Crippen LogP) is 2.51. The maximum atomic E-state index is 8.61. The van der Waals surface area contributed by atoms with Gasteiger partial charge >= 0.3 is 0 Å². The molecular formula is C10H7N3OS. The van der Waals surface area contributed by atoms with Crippen LogP contribution in [0.5, 0.6) is 10.9 Å². The highest BCUT2D eigenvalue weighted by atomic mass is 32.1. The van der Waals surface area contributed by atoms with Gasteiger partial charge in [0.05, 0.1) is 11.6 Å². The Morgan fingerprint density at radius 2 is 2.07 bits per heavy atom. The quantitative estimate of drug-likeness (QED) is 0.775. The molecule has 1 aromatic heterocycles. The minimum atomic E-state index is 0.511. The van der Waals surface area contributed by atoms with E-state index in [1.807, 2.05) is 13.0 Å². The molecule has 0 radical (unpaired) electrons. The normalized spacial score (nSPS) is 9.60. The van der Waals surface area contributed by atoms with Crippen molar-refractivity contribution < 1.29 is 4.74 Å². The van der Waals surface area contributed by atoms with E-state index in [0.29, 0.717) is 22.3 Å². The second-order valence-electron chi connectivity index (χ2n) is 2.85. The summed E-state index contributed by atoms with van der Waals surface area (Å²) in [6.07, 6.45) is 0. The van der Waals surface area contributed by atoms with Crippen molar-refractivity contribution in [1.29, 1.82) is 5.26 Å². The van der Waals surface area contributed by atoms with Crippen molar-refractivity contribution in [3.63, 3.8) is 0 Å². The fraction of sp³-hybridized carbons (Fsp3) is 0.100. The van der Waals surface area contributed by atoms with Crippen molar-refractivity contribution in [2.45, 2.75) is 6.92 Å². The molecule has 2 rings (SSSR count). The number of nitrogens with zero attached hydrogens (tertiary/aromatic N) is 3. The molecule has 0 atom stereocenters. The maximum absolute atomic E-state index is 8.61. The first kappa shape index (κ1) is 9.62. The largest absolute Gasteiger partial charge is 0.430 e. The van der Waals surface area contributed by atoms with Crippen molar-refractivity contribution in [2.24, 2.45) is 0 Å². The average molecular weight is 217 g/mol. The van der Waals surface area contributed by atoms with E-state index in [1.165, 1.54) is 11.5 Å². The lowest BCUT2D eigenvalue weighted by Gasteiger charge is -1.99. The molecule has 0 aliphatic carbocycles. The lowest BCUT2D eigenvalue weighted by atomic mass is 10.2. The molecule has 74 valence electrons. The highest BCUT2D eigenvalue weighted by molar-refractivity contribution is 7.07. The van der Waals surface area contributed by atoms with Crippen LogP contribution >= 0.6 is 11.5 Å². The number of aromatic nitrogens is 2. The molecule has 0 spiro atoms. The van der Waals surface area contributed by atoms with Crippen molar-refractivity contribution in [2.75, 3.05) is 0 Å². The van der Waals surface area contributed by atoms with Crippen LogP contribution in [0.1, 0.15) is 11.4 Å². The number of nitriles is 1. The van der Waals surface area contributed by atoms with E-state index in [1.54, 1.807) is 24.3 Å². The van der Waals surface area contributed by atoms with Gasteiger partial charge in [-0.15, -0.1) is 0 Å². The SMILES string of the molecule is Cc1nsc(Oc2ccc(C#N)cc2)n1. The van der Waals surface area contributed by atoms with Crippen LogP contribution in [0.2, 0.25) is 0 Å². The van der Waals surface area contributed by atoms with Gasteiger partial charge in [0.2, 0.25) is 0 Å². The molecule has 0 saturated carbocycles. The second-order valence-corrected chi connectivity index (χ2v) is 3.56. The summed E-state index contributed by atoms with van der Waals surface area (Å²) >= 11 is 1.21. The highest BCUT2D eigenvalue weighted by Crippen LogP contribution is 2.22. The fourth-order valence-corrected chi connectivity index (χ4v) is 1.58. The molecule has 15 heavy (non-hydrogen) atoms. The van der Waals surface area contributed by atoms with Crippen LogP contribution in [0.4, 0.5) is 0 Å². The molecule has 0 aliphatic rings. The van der Waals surface area contributed by atoms with Gasteiger partial charge < -0.3 is 4.74 Å². The first-order valence-corrected chi connectivity index (χ1v) is 5.03. The molecule has 2 aromatic rings. The summed E-state index contributed by atoms with van der Waals surface area (Å²) in [4.78, 5) is 4.07. The third-order valence-corrected chi connectivity index (χ3v) is 2.38. The van der Waals surface area contributed by atoms with E-state index in [9.17, 15) is 0 Å². The Balaban J connectivity index is 2.15. The van der Waals surface area contributed by atoms with E-state index >= 15 is 0 Å². The minimum Gasteiger partial charge on any atom is -0.430 e. The molecule has 0 bridgehead atoms. The second kappa shape index (κ2) is 4.07. The van der Waals surface area contributed by atoms with Gasteiger partial charge in [0, 0.05) is 11.5 Å². The van der Waals surface area contributed by atoms with Gasteiger partial charge in [-0.1, -0.05) is 0 Å². The highest BCUT2D eigenvalue weighted by Gasteiger charge is 2.02. The number of benzene rings is 1. The van der Waals surface area contributed by atoms with Crippen molar-refractivity contribution in [3.8, 4) is 17.0 Å². The molecule has 0 aliphatic heterocycles. The molecular weight excluding hydrogens is 210 g/mol. The lowest BCUT2D eigenvalue weighted by Crippen LogP contribution is -1.83. The number of hydrogen-bond acceptors (Lipinski definition) is 5. The molecule has 5 heteroatoms. The van der Waals surface area contributed by atoms with E-state index in [2.05, 4.69) is 9.36 Å². The Bertz CT molecular complexity index is 498. The van der Waals surface area contributed by atoms with Gasteiger partial charge in [-0.25, -0.2) is 0 Å². The Kier molecular flexibility index (Phi) is 2.61. The standard InChI is InChI=1S/C10H7N3OS/c1-7-12-10(15-13-7)14-9-4-2-8(6-11)3-5-9/h2-5H,1H3. The molecule has 4 nitrogen and oxygen atoms in total. The molecule has 1 heterocycles. The number of rotatable bonds is 2. The summed E-state index contributed by atoms with van der Waals surface area (Å²) in [6.45, 7) is 1.81.